The minimum absolute atomic E-state index is 0.725. The van der Waals surface area contributed by atoms with Crippen molar-refractivity contribution in [2.45, 2.75) is 45.3 Å². The highest BCUT2D eigenvalue weighted by Crippen LogP contribution is 2.21. The summed E-state index contributed by atoms with van der Waals surface area (Å²) in [6, 6.07) is 0. The quantitative estimate of drug-likeness (QED) is 0.712. The van der Waals surface area contributed by atoms with Gasteiger partial charge in [-0.3, -0.25) is 4.99 Å². The van der Waals surface area contributed by atoms with Gasteiger partial charge in [-0.05, 0) is 25.2 Å². The van der Waals surface area contributed by atoms with E-state index in [4.69, 9.17) is 0 Å². The smallest absolute Gasteiger partial charge is 0.156 e. The fraction of sp³-hybridized carbons (Fsp3) is 0.909. The third-order valence-corrected chi connectivity index (χ3v) is 3.72. The van der Waals surface area contributed by atoms with Crippen LogP contribution in [0.15, 0.2) is 4.99 Å². The maximum absolute atomic E-state index is 4.47. The van der Waals surface area contributed by atoms with Gasteiger partial charge in [0, 0.05) is 11.8 Å². The fourth-order valence-electron chi connectivity index (χ4n) is 1.43. The molecule has 1 heterocycles. The van der Waals surface area contributed by atoms with Crippen LogP contribution in [0, 0.1) is 5.92 Å². The molecule has 14 heavy (non-hydrogen) atoms. The Labute approximate surface area is 92.0 Å². The minimum Gasteiger partial charge on any atom is -0.365 e. The Hall–Kier alpha value is -0.180. The normalized spacial score (nSPS) is 21.4. The van der Waals surface area contributed by atoms with Crippen LogP contribution in [-0.4, -0.2) is 23.5 Å². The zero-order valence-electron chi connectivity index (χ0n) is 9.55. The lowest BCUT2D eigenvalue weighted by Gasteiger charge is -2.07. The van der Waals surface area contributed by atoms with Crippen LogP contribution < -0.4 is 5.32 Å². The number of rotatable bonds is 5. The molecular formula is C11H22N2S. The minimum atomic E-state index is 0.725. The maximum atomic E-state index is 4.47. The molecule has 1 aliphatic heterocycles. The Bertz CT molecular complexity index is 190. The highest BCUT2D eigenvalue weighted by atomic mass is 32.2. The van der Waals surface area contributed by atoms with Crippen molar-refractivity contribution in [3.63, 3.8) is 0 Å². The highest BCUT2D eigenvalue weighted by Gasteiger charge is 2.16. The summed E-state index contributed by atoms with van der Waals surface area (Å²) in [5.74, 6) is 0.818. The van der Waals surface area contributed by atoms with Crippen LogP contribution in [0.5, 0.6) is 0 Å². The van der Waals surface area contributed by atoms with Crippen LogP contribution >= 0.6 is 11.8 Å². The Balaban J connectivity index is 2.03. The van der Waals surface area contributed by atoms with E-state index in [1.165, 1.54) is 24.4 Å². The summed E-state index contributed by atoms with van der Waals surface area (Å²) in [7, 11) is 0. The van der Waals surface area contributed by atoms with Gasteiger partial charge in [0.1, 0.15) is 0 Å². The van der Waals surface area contributed by atoms with Gasteiger partial charge in [0.05, 0.1) is 6.54 Å². The van der Waals surface area contributed by atoms with Crippen LogP contribution in [0.3, 0.4) is 0 Å². The van der Waals surface area contributed by atoms with Crippen molar-refractivity contribution >= 4 is 16.9 Å². The van der Waals surface area contributed by atoms with Crippen molar-refractivity contribution in [3.8, 4) is 0 Å². The number of hydrogen-bond donors (Lipinski definition) is 1. The molecule has 0 saturated carbocycles. The summed E-state index contributed by atoms with van der Waals surface area (Å²) in [6.07, 6.45) is 3.79. The predicted octanol–water partition coefficient (Wildman–Crippen LogP) is 2.89. The molecule has 1 atom stereocenters. The van der Waals surface area contributed by atoms with Gasteiger partial charge in [0.2, 0.25) is 0 Å². The lowest BCUT2D eigenvalue weighted by Crippen LogP contribution is -2.20. The van der Waals surface area contributed by atoms with E-state index in [0.29, 0.717) is 0 Å². The molecule has 1 aliphatic rings. The molecule has 0 aromatic heterocycles. The van der Waals surface area contributed by atoms with Gasteiger partial charge in [-0.1, -0.05) is 32.5 Å². The molecule has 0 amide bonds. The van der Waals surface area contributed by atoms with Crippen molar-refractivity contribution in [1.29, 1.82) is 0 Å². The van der Waals surface area contributed by atoms with Crippen molar-refractivity contribution in [3.05, 3.63) is 0 Å². The van der Waals surface area contributed by atoms with Crippen LogP contribution in [0.25, 0.3) is 0 Å². The van der Waals surface area contributed by atoms with Crippen LogP contribution in [0.1, 0.15) is 40.0 Å². The van der Waals surface area contributed by atoms with Crippen molar-refractivity contribution in [1.82, 2.24) is 5.32 Å². The van der Waals surface area contributed by atoms with Crippen LogP contribution in [0.4, 0.5) is 0 Å². The third kappa shape index (κ3) is 4.36. The number of amidine groups is 1. The van der Waals surface area contributed by atoms with E-state index in [-0.39, 0.29) is 0 Å². The van der Waals surface area contributed by atoms with Gasteiger partial charge in [0.25, 0.3) is 0 Å². The van der Waals surface area contributed by atoms with E-state index in [1.807, 2.05) is 11.8 Å². The van der Waals surface area contributed by atoms with Gasteiger partial charge in [-0.2, -0.15) is 0 Å². The molecule has 0 fully saturated rings. The van der Waals surface area contributed by atoms with Gasteiger partial charge >= 0.3 is 0 Å². The summed E-state index contributed by atoms with van der Waals surface area (Å²) in [5, 5.41) is 5.31. The summed E-state index contributed by atoms with van der Waals surface area (Å²) >= 11 is 1.91. The first-order valence-electron chi connectivity index (χ1n) is 5.67. The average molecular weight is 214 g/mol. The van der Waals surface area contributed by atoms with E-state index >= 15 is 0 Å². The maximum Gasteiger partial charge on any atom is 0.156 e. The van der Waals surface area contributed by atoms with Crippen LogP contribution in [0.2, 0.25) is 0 Å². The standard InChI is InChI=1S/C11H22N2S/c1-4-10-8-13-11(14-10)12-7-5-6-9(2)3/h9-10H,4-8H2,1-3H3,(H,12,13). The molecule has 82 valence electrons. The predicted molar refractivity (Wildman–Crippen MR) is 66.0 cm³/mol. The number of hydrogen-bond acceptors (Lipinski definition) is 3. The molecule has 0 aromatic rings. The van der Waals surface area contributed by atoms with E-state index in [9.17, 15) is 0 Å². The zero-order chi connectivity index (χ0) is 10.4. The second kappa shape index (κ2) is 6.33. The zero-order valence-corrected chi connectivity index (χ0v) is 10.4. The number of thioether (sulfide) groups is 1. The number of nitrogens with one attached hydrogen (secondary N) is 1. The molecule has 0 saturated heterocycles. The average Bonchev–Trinajstić information content (AvgIpc) is 2.60. The summed E-state index contributed by atoms with van der Waals surface area (Å²) in [6.45, 7) is 8.87. The first-order chi connectivity index (χ1) is 6.72. The SMILES string of the molecule is CCC1CN=C(NCCCC(C)C)S1. The molecule has 1 N–H and O–H groups in total. The topological polar surface area (TPSA) is 24.4 Å². The van der Waals surface area contributed by atoms with Crippen molar-refractivity contribution in [2.24, 2.45) is 10.9 Å². The van der Waals surface area contributed by atoms with Crippen molar-refractivity contribution < 1.29 is 0 Å². The summed E-state index contributed by atoms with van der Waals surface area (Å²) in [4.78, 5) is 4.47. The molecule has 3 heteroatoms. The van der Waals surface area contributed by atoms with Crippen LogP contribution in [-0.2, 0) is 0 Å². The van der Waals surface area contributed by atoms with Gasteiger partial charge < -0.3 is 5.32 Å². The second-order valence-corrected chi connectivity index (χ2v) is 5.55. The van der Waals surface area contributed by atoms with Gasteiger partial charge in [-0.15, -0.1) is 0 Å². The first kappa shape index (κ1) is 11.9. The molecule has 0 aliphatic carbocycles. The second-order valence-electron chi connectivity index (χ2n) is 4.26. The fourth-order valence-corrected chi connectivity index (χ4v) is 2.40. The Morgan fingerprint density at radius 1 is 1.57 bits per heavy atom. The molecule has 0 aromatic carbocycles. The third-order valence-electron chi connectivity index (χ3n) is 2.41. The lowest BCUT2D eigenvalue weighted by atomic mass is 10.1. The van der Waals surface area contributed by atoms with E-state index < -0.39 is 0 Å². The summed E-state index contributed by atoms with van der Waals surface area (Å²) < 4.78 is 0. The first-order valence-corrected chi connectivity index (χ1v) is 6.55. The largest absolute Gasteiger partial charge is 0.365 e. The molecule has 0 bridgehead atoms. The van der Waals surface area contributed by atoms with Gasteiger partial charge in [-0.25, -0.2) is 0 Å². The van der Waals surface area contributed by atoms with Gasteiger partial charge in [0.15, 0.2) is 5.17 Å². The van der Waals surface area contributed by atoms with E-state index in [1.54, 1.807) is 0 Å². The molecular weight excluding hydrogens is 192 g/mol. The Morgan fingerprint density at radius 2 is 2.36 bits per heavy atom. The Kier molecular flexibility index (Phi) is 5.38. The van der Waals surface area contributed by atoms with Crippen molar-refractivity contribution in [2.75, 3.05) is 13.1 Å². The van der Waals surface area contributed by atoms with E-state index in [0.717, 1.165) is 24.3 Å². The Morgan fingerprint density at radius 3 is 2.93 bits per heavy atom. The molecule has 0 radical (unpaired) electrons. The summed E-state index contributed by atoms with van der Waals surface area (Å²) in [5.41, 5.74) is 0. The lowest BCUT2D eigenvalue weighted by molar-refractivity contribution is 0.552. The molecule has 1 rings (SSSR count). The number of nitrogens with zero attached hydrogens (tertiary/aromatic N) is 1. The monoisotopic (exact) mass is 214 g/mol. The highest BCUT2D eigenvalue weighted by molar-refractivity contribution is 8.14. The number of aliphatic imine (C=N–C) groups is 1. The molecule has 1 unspecified atom stereocenters. The van der Waals surface area contributed by atoms with E-state index in [2.05, 4.69) is 31.1 Å². The molecule has 0 spiro atoms. The molecule has 2 nitrogen and oxygen atoms in total.